The summed E-state index contributed by atoms with van der Waals surface area (Å²) in [6.07, 6.45) is 9.48. The molecule has 0 amide bonds. The third-order valence-electron chi connectivity index (χ3n) is 6.01. The summed E-state index contributed by atoms with van der Waals surface area (Å²) in [5, 5.41) is 0. The van der Waals surface area contributed by atoms with Crippen molar-refractivity contribution in [3.8, 4) is 0 Å². The first-order chi connectivity index (χ1) is 8.59. The van der Waals surface area contributed by atoms with E-state index in [0.717, 1.165) is 5.92 Å². The minimum atomic E-state index is 0. The average molecular weight is 252 g/mol. The molecule has 3 aliphatic carbocycles. The monoisotopic (exact) mass is 252 g/mol. The summed E-state index contributed by atoms with van der Waals surface area (Å²) in [5.74, 6) is 0.748. The van der Waals surface area contributed by atoms with Crippen LogP contribution in [0.2, 0.25) is 0 Å². The Morgan fingerprint density at radius 2 is 1.95 bits per heavy atom. The molecule has 0 nitrogen and oxygen atoms in total. The van der Waals surface area contributed by atoms with E-state index in [4.69, 9.17) is 0 Å². The lowest BCUT2D eigenvalue weighted by molar-refractivity contribution is 0.0394. The Kier molecular flexibility index (Phi) is 2.43. The summed E-state index contributed by atoms with van der Waals surface area (Å²) in [6, 6.07) is 6.86. The summed E-state index contributed by atoms with van der Waals surface area (Å²) in [4.78, 5) is 0. The summed E-state index contributed by atoms with van der Waals surface area (Å²) in [5.41, 5.74) is 7.10. The fraction of sp³-hybridized carbons (Fsp3) is 0.474. The smallest absolute Gasteiger partial charge is 0.0210 e. The molecule has 19 heavy (non-hydrogen) atoms. The van der Waals surface area contributed by atoms with Crippen molar-refractivity contribution in [1.82, 2.24) is 0 Å². The molecule has 0 bridgehead atoms. The van der Waals surface area contributed by atoms with Crippen LogP contribution in [-0.4, -0.2) is 0 Å². The van der Waals surface area contributed by atoms with Crippen molar-refractivity contribution in [2.45, 2.75) is 46.5 Å². The largest absolute Gasteiger partial charge is 0.0776 e. The molecule has 0 heteroatoms. The zero-order valence-corrected chi connectivity index (χ0v) is 11.5. The van der Waals surface area contributed by atoms with Gasteiger partial charge in [-0.15, -0.1) is 0 Å². The third kappa shape index (κ3) is 1.16. The van der Waals surface area contributed by atoms with Crippen molar-refractivity contribution in [1.29, 1.82) is 0 Å². The van der Waals surface area contributed by atoms with Gasteiger partial charge in [-0.2, -0.15) is 0 Å². The predicted molar refractivity (Wildman–Crippen MR) is 83.2 cm³/mol. The first-order valence-electron chi connectivity index (χ1n) is 7.10. The molecule has 2 unspecified atom stereocenters. The molecule has 0 heterocycles. The summed E-state index contributed by atoms with van der Waals surface area (Å²) in [7, 11) is 0. The standard InChI is InChI=1S/C18H20.CH4/c1-12(2)18-10-14-8-4-6-13-7-5-9-15(11-18)17(18,3)16(13)14;/h4-9,12H,10-11H2,1-3H3;1H4. The van der Waals surface area contributed by atoms with E-state index in [0.29, 0.717) is 10.8 Å². The molecule has 1 saturated carbocycles. The number of hydrogen-bond acceptors (Lipinski definition) is 0. The zero-order valence-electron chi connectivity index (χ0n) is 11.5. The van der Waals surface area contributed by atoms with Crippen molar-refractivity contribution < 1.29 is 0 Å². The molecule has 1 aromatic carbocycles. The number of rotatable bonds is 1. The van der Waals surface area contributed by atoms with Gasteiger partial charge in [-0.3, -0.25) is 0 Å². The summed E-state index contributed by atoms with van der Waals surface area (Å²) in [6.45, 7) is 7.31. The van der Waals surface area contributed by atoms with Crippen LogP contribution in [0.15, 0.2) is 35.9 Å². The number of hydrogen-bond donors (Lipinski definition) is 0. The van der Waals surface area contributed by atoms with E-state index in [1.165, 1.54) is 18.4 Å². The Morgan fingerprint density at radius 3 is 2.68 bits per heavy atom. The highest BCUT2D eigenvalue weighted by atomic mass is 14.7. The molecular formula is C19H24. The second-order valence-corrected chi connectivity index (χ2v) is 6.72. The van der Waals surface area contributed by atoms with Gasteiger partial charge in [0.1, 0.15) is 0 Å². The quantitative estimate of drug-likeness (QED) is 0.649. The number of allylic oxidation sites excluding steroid dienone is 3. The second kappa shape index (κ2) is 3.62. The van der Waals surface area contributed by atoms with Crippen LogP contribution in [0.3, 0.4) is 0 Å². The van der Waals surface area contributed by atoms with Crippen molar-refractivity contribution in [2.24, 2.45) is 11.3 Å². The lowest BCUT2D eigenvalue weighted by Gasteiger charge is -2.59. The maximum absolute atomic E-state index is 2.49. The van der Waals surface area contributed by atoms with Gasteiger partial charge < -0.3 is 0 Å². The van der Waals surface area contributed by atoms with E-state index in [-0.39, 0.29) is 7.43 Å². The number of benzene rings is 1. The Morgan fingerprint density at radius 1 is 1.16 bits per heavy atom. The molecule has 3 aliphatic rings. The normalized spacial score (nSPS) is 33.2. The topological polar surface area (TPSA) is 0 Å². The zero-order chi connectivity index (χ0) is 12.5. The predicted octanol–water partition coefficient (Wildman–Crippen LogP) is 5.14. The van der Waals surface area contributed by atoms with Crippen LogP contribution >= 0.6 is 0 Å². The van der Waals surface area contributed by atoms with Crippen molar-refractivity contribution in [2.75, 3.05) is 0 Å². The molecule has 0 aromatic heterocycles. The van der Waals surface area contributed by atoms with E-state index >= 15 is 0 Å². The summed E-state index contributed by atoms with van der Waals surface area (Å²) >= 11 is 0. The maximum Gasteiger partial charge on any atom is 0.0210 e. The highest BCUT2D eigenvalue weighted by Gasteiger charge is 2.65. The lowest BCUT2D eigenvalue weighted by Crippen LogP contribution is -2.55. The van der Waals surface area contributed by atoms with Gasteiger partial charge in [-0.1, -0.05) is 70.2 Å². The average Bonchev–Trinajstić information content (AvgIpc) is 2.45. The van der Waals surface area contributed by atoms with E-state index in [1.807, 2.05) is 0 Å². The van der Waals surface area contributed by atoms with Crippen molar-refractivity contribution >= 4 is 6.08 Å². The molecule has 0 aliphatic heterocycles. The van der Waals surface area contributed by atoms with Crippen LogP contribution in [0.5, 0.6) is 0 Å². The first-order valence-corrected chi connectivity index (χ1v) is 7.10. The van der Waals surface area contributed by atoms with E-state index in [2.05, 4.69) is 57.2 Å². The molecule has 0 saturated heterocycles. The SMILES string of the molecule is C.CC(C)C12CC3=CC=Cc4cccc(c4C31C)C2. The van der Waals surface area contributed by atoms with Gasteiger partial charge in [-0.05, 0) is 40.9 Å². The molecule has 0 radical (unpaired) electrons. The maximum atomic E-state index is 2.49. The van der Waals surface area contributed by atoms with Gasteiger partial charge in [0.25, 0.3) is 0 Å². The first kappa shape index (κ1) is 12.7. The van der Waals surface area contributed by atoms with Gasteiger partial charge >= 0.3 is 0 Å². The van der Waals surface area contributed by atoms with Crippen LogP contribution in [0.4, 0.5) is 0 Å². The molecule has 0 spiro atoms. The Hall–Kier alpha value is -1.30. The molecule has 1 aromatic rings. The van der Waals surface area contributed by atoms with E-state index in [9.17, 15) is 0 Å². The fourth-order valence-corrected chi connectivity index (χ4v) is 4.89. The molecule has 0 N–H and O–H groups in total. The molecular weight excluding hydrogens is 228 g/mol. The van der Waals surface area contributed by atoms with E-state index in [1.54, 1.807) is 16.7 Å². The Labute approximate surface area is 117 Å². The Bertz CT molecular complexity index is 602. The highest BCUT2D eigenvalue weighted by molar-refractivity contribution is 5.70. The van der Waals surface area contributed by atoms with Crippen molar-refractivity contribution in [3.05, 3.63) is 52.6 Å². The molecule has 4 rings (SSSR count). The lowest BCUT2D eigenvalue weighted by atomic mass is 9.44. The third-order valence-corrected chi connectivity index (χ3v) is 6.01. The van der Waals surface area contributed by atoms with Crippen LogP contribution in [0.1, 0.15) is 51.3 Å². The minimum absolute atomic E-state index is 0. The van der Waals surface area contributed by atoms with E-state index < -0.39 is 0 Å². The van der Waals surface area contributed by atoms with Gasteiger partial charge in [0.15, 0.2) is 0 Å². The van der Waals surface area contributed by atoms with Crippen LogP contribution < -0.4 is 0 Å². The molecule has 2 atom stereocenters. The minimum Gasteiger partial charge on any atom is -0.0776 e. The van der Waals surface area contributed by atoms with Crippen molar-refractivity contribution in [3.63, 3.8) is 0 Å². The van der Waals surface area contributed by atoms with Gasteiger partial charge in [0, 0.05) is 5.41 Å². The molecule has 1 fully saturated rings. The Balaban J connectivity index is 0.00000110. The van der Waals surface area contributed by atoms with Gasteiger partial charge in [-0.25, -0.2) is 0 Å². The van der Waals surface area contributed by atoms with Gasteiger partial charge in [0.05, 0.1) is 0 Å². The summed E-state index contributed by atoms with van der Waals surface area (Å²) < 4.78 is 0. The highest BCUT2D eigenvalue weighted by Crippen LogP contribution is 2.71. The van der Waals surface area contributed by atoms with Crippen LogP contribution in [0, 0.1) is 11.3 Å². The molecule has 100 valence electrons. The fourth-order valence-electron chi connectivity index (χ4n) is 4.89. The van der Waals surface area contributed by atoms with Crippen LogP contribution in [-0.2, 0) is 11.8 Å². The van der Waals surface area contributed by atoms with Gasteiger partial charge in [0.2, 0.25) is 0 Å². The van der Waals surface area contributed by atoms with Crippen LogP contribution in [0.25, 0.3) is 6.08 Å². The second-order valence-electron chi connectivity index (χ2n) is 6.72.